The number of thioether (sulfide) groups is 1. The molecule has 0 saturated heterocycles. The number of nitrogens with one attached hydrogen (secondary N) is 1. The van der Waals surface area contributed by atoms with Gasteiger partial charge >= 0.3 is 0 Å². The fraction of sp³-hybridized carbons (Fsp3) is 0.0833. The highest BCUT2D eigenvalue weighted by atomic mass is 32.2. The summed E-state index contributed by atoms with van der Waals surface area (Å²) in [5, 5.41) is 13.0. The second-order valence-electron chi connectivity index (χ2n) is 6.81. The topological polar surface area (TPSA) is 81.4 Å². The molecule has 0 aliphatic carbocycles. The van der Waals surface area contributed by atoms with E-state index in [1.807, 2.05) is 59.2 Å². The number of aromatic nitrogens is 3. The van der Waals surface area contributed by atoms with E-state index in [1.54, 1.807) is 25.3 Å². The third-order valence-electron chi connectivity index (χ3n) is 4.63. The summed E-state index contributed by atoms with van der Waals surface area (Å²) in [4.78, 5) is 12.3. The maximum Gasteiger partial charge on any atom is 0.250 e. The second kappa shape index (κ2) is 10.6. The minimum absolute atomic E-state index is 0.0533. The van der Waals surface area contributed by atoms with E-state index >= 15 is 0 Å². The molecule has 3 aromatic carbocycles. The smallest absolute Gasteiger partial charge is 0.250 e. The summed E-state index contributed by atoms with van der Waals surface area (Å²) in [6.07, 6.45) is 1.27. The minimum atomic E-state index is -0.411. The normalized spacial score (nSPS) is 11.0. The zero-order valence-electron chi connectivity index (χ0n) is 17.7. The van der Waals surface area contributed by atoms with Crippen LogP contribution in [0, 0.1) is 5.82 Å². The fourth-order valence-corrected chi connectivity index (χ4v) is 3.76. The number of carbonyl (C=O) groups is 1. The van der Waals surface area contributed by atoms with E-state index in [2.05, 4.69) is 20.7 Å². The lowest BCUT2D eigenvalue weighted by Crippen LogP contribution is -2.20. The second-order valence-corrected chi connectivity index (χ2v) is 7.75. The van der Waals surface area contributed by atoms with Crippen molar-refractivity contribution in [3.63, 3.8) is 0 Å². The molecule has 0 unspecified atom stereocenters. The summed E-state index contributed by atoms with van der Waals surface area (Å²) >= 11 is 1.22. The highest BCUT2D eigenvalue weighted by molar-refractivity contribution is 7.99. The molecule has 1 heterocycles. The Morgan fingerprint density at radius 1 is 1.06 bits per heavy atom. The summed E-state index contributed by atoms with van der Waals surface area (Å²) in [6.45, 7) is 0. The Kier molecular flexibility index (Phi) is 7.11. The van der Waals surface area contributed by atoms with Crippen LogP contribution in [0.1, 0.15) is 5.56 Å². The lowest BCUT2D eigenvalue weighted by Gasteiger charge is -2.11. The van der Waals surface area contributed by atoms with Gasteiger partial charge in [0.05, 0.1) is 19.1 Å². The zero-order chi connectivity index (χ0) is 23.0. The number of carbonyl (C=O) groups excluding carboxylic acids is 1. The number of hydrazone groups is 1. The standard InChI is InChI=1S/C24H20FN5O2S/c1-32-20-13-11-19(12-14-20)30-23(17-7-3-2-4-8-17)28-29-24(30)33-16-22(31)27-26-15-18-9-5-6-10-21(18)25/h2-15H,16H2,1H3,(H,27,31)/b26-15+. The predicted molar refractivity (Wildman–Crippen MR) is 126 cm³/mol. The number of methoxy groups -OCH3 is 1. The minimum Gasteiger partial charge on any atom is -0.497 e. The number of hydrogen-bond donors (Lipinski definition) is 1. The van der Waals surface area contributed by atoms with E-state index in [4.69, 9.17) is 4.74 Å². The van der Waals surface area contributed by atoms with Crippen LogP contribution >= 0.6 is 11.8 Å². The number of halogens is 1. The molecular weight excluding hydrogens is 441 g/mol. The molecule has 4 rings (SSSR count). The fourth-order valence-electron chi connectivity index (χ4n) is 3.02. The van der Waals surface area contributed by atoms with Crippen molar-refractivity contribution < 1.29 is 13.9 Å². The van der Waals surface area contributed by atoms with Gasteiger partial charge in [-0.1, -0.05) is 60.3 Å². The number of rotatable bonds is 8. The number of hydrogen-bond acceptors (Lipinski definition) is 6. The van der Waals surface area contributed by atoms with E-state index in [1.165, 1.54) is 24.0 Å². The van der Waals surface area contributed by atoms with Gasteiger partial charge in [-0.15, -0.1) is 10.2 Å². The monoisotopic (exact) mass is 461 g/mol. The highest BCUT2D eigenvalue weighted by Crippen LogP contribution is 2.28. The quantitative estimate of drug-likeness (QED) is 0.240. The van der Waals surface area contributed by atoms with Crippen LogP contribution in [0.15, 0.2) is 89.1 Å². The van der Waals surface area contributed by atoms with Gasteiger partial charge in [0.2, 0.25) is 0 Å². The van der Waals surface area contributed by atoms with Gasteiger partial charge in [-0.05, 0) is 30.3 Å². The molecule has 1 amide bonds. The molecule has 0 fully saturated rings. The van der Waals surface area contributed by atoms with Crippen molar-refractivity contribution >= 4 is 23.9 Å². The van der Waals surface area contributed by atoms with Gasteiger partial charge in [0, 0.05) is 16.8 Å². The average Bonchev–Trinajstić information content (AvgIpc) is 3.28. The Morgan fingerprint density at radius 3 is 2.52 bits per heavy atom. The molecule has 9 heteroatoms. The lowest BCUT2D eigenvalue weighted by molar-refractivity contribution is -0.118. The molecule has 7 nitrogen and oxygen atoms in total. The number of nitrogens with zero attached hydrogens (tertiary/aromatic N) is 4. The van der Waals surface area contributed by atoms with Crippen LogP contribution in [0.25, 0.3) is 17.1 Å². The Hall–Kier alpha value is -3.98. The van der Waals surface area contributed by atoms with Crippen LogP contribution in [0.3, 0.4) is 0 Å². The Bertz CT molecular complexity index is 1260. The first kappa shape index (κ1) is 22.2. The van der Waals surface area contributed by atoms with E-state index in [0.29, 0.717) is 11.0 Å². The first-order chi connectivity index (χ1) is 16.2. The Morgan fingerprint density at radius 2 is 1.79 bits per heavy atom. The number of ether oxygens (including phenoxy) is 1. The molecule has 0 radical (unpaired) electrons. The average molecular weight is 462 g/mol. The van der Waals surface area contributed by atoms with Crippen molar-refractivity contribution in [2.45, 2.75) is 5.16 Å². The predicted octanol–water partition coefficient (Wildman–Crippen LogP) is 4.32. The van der Waals surface area contributed by atoms with E-state index in [-0.39, 0.29) is 17.2 Å². The summed E-state index contributed by atoms with van der Waals surface area (Å²) in [5.41, 5.74) is 4.43. The van der Waals surface area contributed by atoms with Gasteiger partial charge in [-0.25, -0.2) is 9.82 Å². The van der Waals surface area contributed by atoms with Crippen LogP contribution in [0.4, 0.5) is 4.39 Å². The Balaban J connectivity index is 1.51. The van der Waals surface area contributed by atoms with Crippen molar-refractivity contribution in [1.29, 1.82) is 0 Å². The van der Waals surface area contributed by atoms with Gasteiger partial charge in [-0.2, -0.15) is 5.10 Å². The first-order valence-electron chi connectivity index (χ1n) is 10.00. The van der Waals surface area contributed by atoms with Crippen molar-refractivity contribution in [2.24, 2.45) is 5.10 Å². The first-order valence-corrected chi connectivity index (χ1v) is 11.0. The van der Waals surface area contributed by atoms with E-state index in [0.717, 1.165) is 17.0 Å². The Labute approximate surface area is 194 Å². The van der Waals surface area contributed by atoms with E-state index < -0.39 is 5.82 Å². The van der Waals surface area contributed by atoms with Crippen LogP contribution in [-0.4, -0.2) is 39.7 Å². The molecule has 1 aromatic heterocycles. The van der Waals surface area contributed by atoms with Gasteiger partial charge < -0.3 is 4.74 Å². The third-order valence-corrected chi connectivity index (χ3v) is 5.56. The van der Waals surface area contributed by atoms with Gasteiger partial charge in [0.15, 0.2) is 11.0 Å². The van der Waals surface area contributed by atoms with Crippen molar-refractivity contribution in [1.82, 2.24) is 20.2 Å². The molecule has 0 spiro atoms. The molecule has 1 N–H and O–H groups in total. The van der Waals surface area contributed by atoms with Crippen molar-refractivity contribution in [3.8, 4) is 22.8 Å². The maximum atomic E-state index is 13.6. The van der Waals surface area contributed by atoms with Gasteiger partial charge in [-0.3, -0.25) is 9.36 Å². The number of amides is 1. The van der Waals surface area contributed by atoms with Crippen LogP contribution in [0.5, 0.6) is 5.75 Å². The van der Waals surface area contributed by atoms with E-state index in [9.17, 15) is 9.18 Å². The molecule has 0 saturated carbocycles. The van der Waals surface area contributed by atoms with Crippen molar-refractivity contribution in [2.75, 3.05) is 12.9 Å². The molecule has 4 aromatic rings. The van der Waals surface area contributed by atoms with Crippen LogP contribution in [-0.2, 0) is 4.79 Å². The SMILES string of the molecule is COc1ccc(-n2c(SCC(=O)N/N=C/c3ccccc3F)nnc2-c2ccccc2)cc1. The summed E-state index contributed by atoms with van der Waals surface area (Å²) in [6, 6.07) is 23.4. The summed E-state index contributed by atoms with van der Waals surface area (Å²) in [5.74, 6) is 0.678. The molecular formula is C24H20FN5O2S. The molecule has 166 valence electrons. The highest BCUT2D eigenvalue weighted by Gasteiger charge is 2.17. The summed E-state index contributed by atoms with van der Waals surface area (Å²) < 4.78 is 20.8. The van der Waals surface area contributed by atoms with Gasteiger partial charge in [0.1, 0.15) is 11.6 Å². The van der Waals surface area contributed by atoms with Gasteiger partial charge in [0.25, 0.3) is 5.91 Å². The lowest BCUT2D eigenvalue weighted by atomic mass is 10.2. The molecule has 0 atom stereocenters. The largest absolute Gasteiger partial charge is 0.497 e. The maximum absolute atomic E-state index is 13.6. The van der Waals surface area contributed by atoms with Crippen LogP contribution in [0.2, 0.25) is 0 Å². The molecule has 0 aliphatic heterocycles. The zero-order valence-corrected chi connectivity index (χ0v) is 18.5. The number of benzene rings is 3. The summed E-state index contributed by atoms with van der Waals surface area (Å²) in [7, 11) is 1.61. The third kappa shape index (κ3) is 5.45. The molecule has 0 aliphatic rings. The molecule has 0 bridgehead atoms. The van der Waals surface area contributed by atoms with Crippen molar-refractivity contribution in [3.05, 3.63) is 90.2 Å². The van der Waals surface area contributed by atoms with Crippen LogP contribution < -0.4 is 10.2 Å². The molecule has 33 heavy (non-hydrogen) atoms.